The number of carbonyl (C=O) groups is 1. The van der Waals surface area contributed by atoms with Crippen molar-refractivity contribution < 1.29 is 18.7 Å². The number of likely N-dealkylation sites (tertiary alicyclic amines) is 1. The average Bonchev–Trinajstić information content (AvgIpc) is 2.85. The van der Waals surface area contributed by atoms with Crippen LogP contribution in [0.4, 0.5) is 8.78 Å². The minimum Gasteiger partial charge on any atom is -0.481 e. The number of hydrogen-bond acceptors (Lipinski definition) is 4. The maximum Gasteiger partial charge on any atom is 0.303 e. The number of carboxylic acid groups (broad SMARTS) is 1. The van der Waals surface area contributed by atoms with E-state index < -0.39 is 17.6 Å². The minimum absolute atomic E-state index is 0.00672. The van der Waals surface area contributed by atoms with Gasteiger partial charge in [-0.25, -0.2) is 0 Å². The first-order valence-electron chi connectivity index (χ1n) is 6.24. The summed E-state index contributed by atoms with van der Waals surface area (Å²) < 4.78 is 26.5. The van der Waals surface area contributed by atoms with Crippen molar-refractivity contribution in [3.8, 4) is 0 Å². The van der Waals surface area contributed by atoms with Crippen molar-refractivity contribution in [2.45, 2.75) is 31.6 Å². The van der Waals surface area contributed by atoms with Crippen molar-refractivity contribution in [1.82, 2.24) is 4.90 Å². The Morgan fingerprint density at radius 2 is 2.26 bits per heavy atom. The monoisotopic (exact) mass is 273 g/mol. The molecule has 0 spiro atoms. The van der Waals surface area contributed by atoms with E-state index in [9.17, 15) is 13.6 Å². The highest BCUT2D eigenvalue weighted by Crippen LogP contribution is 2.37. The van der Waals surface area contributed by atoms with Crippen molar-refractivity contribution >= 4 is 11.7 Å². The van der Waals surface area contributed by atoms with Crippen LogP contribution in [0.5, 0.6) is 0 Å². The number of carboxylic acids is 1. The molecule has 0 bridgehead atoms. The Kier molecular flexibility index (Phi) is 3.47. The summed E-state index contributed by atoms with van der Waals surface area (Å²) in [5.41, 5.74) is 5.39. The number of nitrogens with one attached hydrogen (secondary N) is 1. The Morgan fingerprint density at radius 3 is 2.79 bits per heavy atom. The first-order chi connectivity index (χ1) is 8.81. The molecule has 5 nitrogen and oxygen atoms in total. The second-order valence-electron chi connectivity index (χ2n) is 5.14. The van der Waals surface area contributed by atoms with Crippen LogP contribution < -0.4 is 5.73 Å². The molecule has 7 heteroatoms. The Bertz CT molecular complexity index is 448. The third-order valence-corrected chi connectivity index (χ3v) is 3.76. The number of aliphatic carboxylic acids is 1. The second kappa shape index (κ2) is 4.79. The van der Waals surface area contributed by atoms with E-state index in [0.717, 1.165) is 0 Å². The van der Waals surface area contributed by atoms with Gasteiger partial charge in [0, 0.05) is 31.5 Å². The maximum absolute atomic E-state index is 13.3. The summed E-state index contributed by atoms with van der Waals surface area (Å²) in [6, 6.07) is 0. The summed E-state index contributed by atoms with van der Waals surface area (Å²) in [6.45, 7) is 1.02. The van der Waals surface area contributed by atoms with Gasteiger partial charge in [-0.1, -0.05) is 0 Å². The molecule has 1 heterocycles. The number of hydrogen-bond donors (Lipinski definition) is 3. The van der Waals surface area contributed by atoms with Gasteiger partial charge in [0.15, 0.2) is 0 Å². The molecule has 0 radical (unpaired) electrons. The average molecular weight is 273 g/mol. The van der Waals surface area contributed by atoms with Crippen LogP contribution in [0.3, 0.4) is 0 Å². The molecule has 0 amide bonds. The normalized spacial score (nSPS) is 28.8. The lowest BCUT2D eigenvalue weighted by Crippen LogP contribution is -2.30. The largest absolute Gasteiger partial charge is 0.481 e. The van der Waals surface area contributed by atoms with Crippen molar-refractivity contribution in [3.63, 3.8) is 0 Å². The Hall–Kier alpha value is -1.66. The van der Waals surface area contributed by atoms with E-state index in [4.69, 9.17) is 16.2 Å². The molecule has 1 saturated heterocycles. The molecule has 0 unspecified atom stereocenters. The fourth-order valence-electron chi connectivity index (χ4n) is 2.66. The van der Waals surface area contributed by atoms with Gasteiger partial charge < -0.3 is 15.7 Å². The quantitative estimate of drug-likeness (QED) is 0.725. The summed E-state index contributed by atoms with van der Waals surface area (Å²) in [6.07, 6.45) is 0.489. The molecule has 0 aromatic carbocycles. The van der Waals surface area contributed by atoms with Crippen LogP contribution in [-0.2, 0) is 4.79 Å². The molecule has 0 aromatic rings. The molecular formula is C12H17F2N3O2. The molecule has 0 aromatic heterocycles. The highest BCUT2D eigenvalue weighted by atomic mass is 19.3. The Labute approximate surface area is 109 Å². The molecule has 2 fully saturated rings. The van der Waals surface area contributed by atoms with E-state index in [0.29, 0.717) is 19.5 Å². The molecule has 2 rings (SSSR count). The SMILES string of the molecule is N=C1/C(=C(\N)N2CC[C@H](CC(=O)O)C2)CCC1(F)F. The number of alkyl halides is 2. The van der Waals surface area contributed by atoms with Gasteiger partial charge in [-0.3, -0.25) is 10.2 Å². The predicted octanol–water partition coefficient (Wildman–Crippen LogP) is 1.40. The lowest BCUT2D eigenvalue weighted by atomic mass is 10.1. The molecular weight excluding hydrogens is 256 g/mol. The van der Waals surface area contributed by atoms with Crippen LogP contribution in [0, 0.1) is 11.3 Å². The highest BCUT2D eigenvalue weighted by Gasteiger charge is 2.44. The lowest BCUT2D eigenvalue weighted by Gasteiger charge is -2.21. The molecule has 106 valence electrons. The van der Waals surface area contributed by atoms with Gasteiger partial charge in [-0.05, 0) is 18.8 Å². The molecule has 1 aliphatic carbocycles. The van der Waals surface area contributed by atoms with Crippen molar-refractivity contribution in [2.75, 3.05) is 13.1 Å². The summed E-state index contributed by atoms with van der Waals surface area (Å²) in [5.74, 6) is -3.74. The summed E-state index contributed by atoms with van der Waals surface area (Å²) in [7, 11) is 0. The van der Waals surface area contributed by atoms with E-state index in [1.165, 1.54) is 0 Å². The van der Waals surface area contributed by atoms with E-state index in [1.807, 2.05) is 0 Å². The van der Waals surface area contributed by atoms with E-state index in [-0.39, 0.29) is 36.6 Å². The zero-order valence-electron chi connectivity index (χ0n) is 10.5. The highest BCUT2D eigenvalue weighted by molar-refractivity contribution is 6.05. The third kappa shape index (κ3) is 2.69. The number of allylic oxidation sites excluding steroid dienone is 1. The molecule has 1 aliphatic heterocycles. The van der Waals surface area contributed by atoms with Crippen molar-refractivity contribution in [2.24, 2.45) is 11.7 Å². The van der Waals surface area contributed by atoms with Gasteiger partial charge in [0.05, 0.1) is 0 Å². The molecule has 19 heavy (non-hydrogen) atoms. The molecule has 2 aliphatic rings. The summed E-state index contributed by atoms with van der Waals surface area (Å²) >= 11 is 0. The van der Waals surface area contributed by atoms with Crippen LogP contribution in [0.15, 0.2) is 11.4 Å². The fraction of sp³-hybridized carbons (Fsp3) is 0.667. The third-order valence-electron chi connectivity index (χ3n) is 3.76. The fourth-order valence-corrected chi connectivity index (χ4v) is 2.66. The van der Waals surface area contributed by atoms with Crippen molar-refractivity contribution in [3.05, 3.63) is 11.4 Å². The van der Waals surface area contributed by atoms with Crippen LogP contribution in [-0.4, -0.2) is 40.7 Å². The zero-order chi connectivity index (χ0) is 14.2. The van der Waals surface area contributed by atoms with Gasteiger partial charge in [0.2, 0.25) is 0 Å². The van der Waals surface area contributed by atoms with Gasteiger partial charge in [0.25, 0.3) is 5.92 Å². The minimum atomic E-state index is -3.08. The van der Waals surface area contributed by atoms with Crippen molar-refractivity contribution in [1.29, 1.82) is 5.41 Å². The van der Waals surface area contributed by atoms with Crippen LogP contribution >= 0.6 is 0 Å². The first kappa shape index (κ1) is 13.8. The molecule has 4 N–H and O–H groups in total. The maximum atomic E-state index is 13.3. The van der Waals surface area contributed by atoms with Crippen LogP contribution in [0.25, 0.3) is 0 Å². The summed E-state index contributed by atoms with van der Waals surface area (Å²) in [5, 5.41) is 16.2. The molecule has 1 atom stereocenters. The standard InChI is InChI=1S/C12H17F2N3O2/c13-12(14)3-1-8(10(12)15)11(16)17-4-2-7(6-17)5-9(18)19/h7,15H,1-6,16H2,(H,18,19)/b11-8+,15-10?/t7-/m1/s1. The Morgan fingerprint density at radius 1 is 1.58 bits per heavy atom. The lowest BCUT2D eigenvalue weighted by molar-refractivity contribution is -0.138. The zero-order valence-corrected chi connectivity index (χ0v) is 10.5. The van der Waals surface area contributed by atoms with Gasteiger partial charge >= 0.3 is 5.97 Å². The molecule has 1 saturated carbocycles. The van der Waals surface area contributed by atoms with Gasteiger partial charge in [-0.15, -0.1) is 0 Å². The van der Waals surface area contributed by atoms with E-state index >= 15 is 0 Å². The van der Waals surface area contributed by atoms with Crippen LogP contribution in [0.1, 0.15) is 25.7 Å². The smallest absolute Gasteiger partial charge is 0.303 e. The van der Waals surface area contributed by atoms with E-state index in [1.54, 1.807) is 4.90 Å². The predicted molar refractivity (Wildman–Crippen MR) is 65.1 cm³/mol. The number of nitrogens with two attached hydrogens (primary N) is 1. The van der Waals surface area contributed by atoms with Crippen LogP contribution in [0.2, 0.25) is 0 Å². The second-order valence-corrected chi connectivity index (χ2v) is 5.14. The van der Waals surface area contributed by atoms with Gasteiger partial charge in [-0.2, -0.15) is 8.78 Å². The Balaban J connectivity index is 2.07. The topological polar surface area (TPSA) is 90.4 Å². The first-order valence-corrected chi connectivity index (χ1v) is 6.24. The number of rotatable bonds is 3. The van der Waals surface area contributed by atoms with Gasteiger partial charge in [0.1, 0.15) is 11.5 Å². The number of nitrogens with zero attached hydrogens (tertiary/aromatic N) is 1. The number of halogens is 2. The summed E-state index contributed by atoms with van der Waals surface area (Å²) in [4.78, 5) is 12.4. The van der Waals surface area contributed by atoms with E-state index in [2.05, 4.69) is 0 Å².